The minimum atomic E-state index is -3.57. The quantitative estimate of drug-likeness (QED) is 0.0962. The van der Waals surface area contributed by atoms with E-state index >= 15 is 0 Å². The number of aliphatic carboxylic acids is 4. The van der Waals surface area contributed by atoms with E-state index in [-0.39, 0.29) is 23.0 Å². The molecule has 0 saturated heterocycles. The molecule has 0 aromatic carbocycles. The number of hydrogen-bond acceptors (Lipinski definition) is 12. The predicted molar refractivity (Wildman–Crippen MR) is 118 cm³/mol. The van der Waals surface area contributed by atoms with Gasteiger partial charge in [0.25, 0.3) is 0 Å². The standard InChI is InChI=1S/C12H24GeN4O8S4/c14-5(9(18)19)1-26-13(27-2-6(15)10(20)21,28-3-7(16)11(22)23)29-4-8(17)12(24)25/h5-8H,1-4,14-17H2,(H,18,19)(H,20,21)(H,22,23)(H,24,25)/t5-,6-,7-,8-/m0/s1. The molecule has 0 spiro atoms. The van der Waals surface area contributed by atoms with Crippen LogP contribution in [0.3, 0.4) is 0 Å². The fraction of sp³-hybridized carbons (Fsp3) is 0.667. The van der Waals surface area contributed by atoms with Crippen LogP contribution in [0.2, 0.25) is 0 Å². The monoisotopic (exact) mass is 554 g/mol. The summed E-state index contributed by atoms with van der Waals surface area (Å²) in [6.45, 7) is 0. The van der Waals surface area contributed by atoms with E-state index in [1.54, 1.807) is 0 Å². The van der Waals surface area contributed by atoms with Crippen LogP contribution in [0.5, 0.6) is 0 Å². The van der Waals surface area contributed by atoms with Crippen LogP contribution in [-0.2, 0) is 19.2 Å². The van der Waals surface area contributed by atoms with Gasteiger partial charge in [0.1, 0.15) is 0 Å². The van der Waals surface area contributed by atoms with E-state index < -0.39 is 56.7 Å². The van der Waals surface area contributed by atoms with Gasteiger partial charge in [-0.25, -0.2) is 0 Å². The number of carboxylic acid groups (broad SMARTS) is 4. The Morgan fingerprint density at radius 1 is 0.552 bits per heavy atom. The molecule has 0 aromatic rings. The first-order valence-electron chi connectivity index (χ1n) is 7.80. The molecule has 0 aromatic heterocycles. The van der Waals surface area contributed by atoms with Gasteiger partial charge in [-0.1, -0.05) is 0 Å². The molecule has 0 aliphatic rings. The second kappa shape index (κ2) is 13.9. The summed E-state index contributed by atoms with van der Waals surface area (Å²) in [5.41, 5.74) is 22.2. The molecule has 0 amide bonds. The van der Waals surface area contributed by atoms with Crippen LogP contribution in [0.1, 0.15) is 0 Å². The third-order valence-electron chi connectivity index (χ3n) is 3.03. The molecule has 0 bridgehead atoms. The van der Waals surface area contributed by atoms with E-state index in [1.807, 2.05) is 0 Å². The van der Waals surface area contributed by atoms with Gasteiger partial charge in [0.2, 0.25) is 0 Å². The van der Waals surface area contributed by atoms with Gasteiger partial charge in [-0.05, 0) is 0 Å². The molecule has 0 unspecified atom stereocenters. The molecule has 0 aliphatic carbocycles. The van der Waals surface area contributed by atoms with Gasteiger partial charge in [0.15, 0.2) is 0 Å². The third kappa shape index (κ3) is 11.6. The van der Waals surface area contributed by atoms with Gasteiger partial charge in [-0.2, -0.15) is 0 Å². The van der Waals surface area contributed by atoms with Crippen molar-refractivity contribution >= 4 is 72.9 Å². The van der Waals surface area contributed by atoms with E-state index in [0.29, 0.717) is 0 Å². The molecule has 0 rings (SSSR count). The van der Waals surface area contributed by atoms with Gasteiger partial charge in [-0.3, -0.25) is 0 Å². The minimum absolute atomic E-state index is 0.0325. The van der Waals surface area contributed by atoms with Crippen molar-refractivity contribution in [2.45, 2.75) is 24.2 Å². The zero-order valence-corrected chi connectivity index (χ0v) is 20.4. The van der Waals surface area contributed by atoms with Crippen LogP contribution in [0.4, 0.5) is 0 Å². The van der Waals surface area contributed by atoms with Gasteiger partial charge >= 0.3 is 183 Å². The van der Waals surface area contributed by atoms with Crippen molar-refractivity contribution in [3.63, 3.8) is 0 Å². The van der Waals surface area contributed by atoms with Crippen molar-refractivity contribution in [3.8, 4) is 0 Å². The van der Waals surface area contributed by atoms with Crippen molar-refractivity contribution in [1.82, 2.24) is 0 Å². The first-order valence-corrected chi connectivity index (χ1v) is 22.0. The fourth-order valence-corrected chi connectivity index (χ4v) is 37.2. The Bertz CT molecular complexity index is 503. The van der Waals surface area contributed by atoms with Crippen molar-refractivity contribution in [3.05, 3.63) is 0 Å². The molecule has 29 heavy (non-hydrogen) atoms. The van der Waals surface area contributed by atoms with Gasteiger partial charge in [0, 0.05) is 0 Å². The predicted octanol–water partition coefficient (Wildman–Crippen LogP) is -2.00. The summed E-state index contributed by atoms with van der Waals surface area (Å²) in [6, 6.07) is -4.83. The normalized spacial score (nSPS) is 15.9. The van der Waals surface area contributed by atoms with Crippen LogP contribution in [0.15, 0.2) is 0 Å². The van der Waals surface area contributed by atoms with Gasteiger partial charge in [-0.15, -0.1) is 0 Å². The number of carbonyl (C=O) groups is 4. The molecule has 0 fully saturated rings. The second-order valence-electron chi connectivity index (χ2n) is 5.52. The molecule has 12 N–H and O–H groups in total. The van der Waals surface area contributed by atoms with E-state index in [4.69, 9.17) is 43.4 Å². The topological polar surface area (TPSA) is 253 Å². The van der Waals surface area contributed by atoms with Crippen molar-refractivity contribution < 1.29 is 39.6 Å². The zero-order chi connectivity index (χ0) is 22.8. The van der Waals surface area contributed by atoms with Gasteiger partial charge < -0.3 is 0 Å². The Balaban J connectivity index is 5.58. The van der Waals surface area contributed by atoms with Crippen LogP contribution in [-0.4, -0.2) is 100 Å². The summed E-state index contributed by atoms with van der Waals surface area (Å²) in [5.74, 6) is -5.07. The molecule has 0 heterocycles. The summed E-state index contributed by atoms with van der Waals surface area (Å²) in [6.07, 6.45) is 0. The number of carboxylic acids is 4. The summed E-state index contributed by atoms with van der Waals surface area (Å²) in [4.78, 5) is 44.2. The van der Waals surface area contributed by atoms with E-state index in [0.717, 1.165) is 0 Å². The first kappa shape index (κ1) is 28.7. The summed E-state index contributed by atoms with van der Waals surface area (Å²) in [5, 5.41) is 36.1. The Labute approximate surface area is 182 Å². The molecule has 4 atom stereocenters. The molecule has 0 saturated carbocycles. The summed E-state index contributed by atoms with van der Waals surface area (Å²) < 4.78 is 0. The van der Waals surface area contributed by atoms with E-state index in [2.05, 4.69) is 0 Å². The number of hydrogen-bond donors (Lipinski definition) is 8. The Kier molecular flexibility index (Phi) is 13.7. The van der Waals surface area contributed by atoms with Crippen molar-refractivity contribution in [2.24, 2.45) is 22.9 Å². The van der Waals surface area contributed by atoms with Crippen molar-refractivity contribution in [1.29, 1.82) is 0 Å². The van der Waals surface area contributed by atoms with Gasteiger partial charge in [0.05, 0.1) is 0 Å². The van der Waals surface area contributed by atoms with E-state index in [9.17, 15) is 19.2 Å². The maximum absolute atomic E-state index is 11.1. The molecule has 17 heteroatoms. The average molecular weight is 553 g/mol. The molecule has 0 radical (unpaired) electrons. The number of nitrogens with two attached hydrogens (primary N) is 4. The molecule has 0 aliphatic heterocycles. The summed E-state index contributed by atoms with van der Waals surface area (Å²) in [7, 11) is 1.20. The second-order valence-corrected chi connectivity index (χ2v) is 38.2. The van der Waals surface area contributed by atoms with Crippen LogP contribution in [0.25, 0.3) is 0 Å². The van der Waals surface area contributed by atoms with Crippen molar-refractivity contribution in [2.75, 3.05) is 23.0 Å². The molecular weight excluding hydrogens is 529 g/mol. The Morgan fingerprint density at radius 2 is 0.724 bits per heavy atom. The van der Waals surface area contributed by atoms with Crippen LogP contribution in [0, 0.1) is 0 Å². The fourth-order valence-electron chi connectivity index (χ4n) is 1.30. The first-order chi connectivity index (χ1) is 13.3. The average Bonchev–Trinajstić information content (AvgIpc) is 2.64. The Hall–Kier alpha value is -0.337. The molecule has 168 valence electrons. The SMILES string of the molecule is N[C@@H](C[S][Ge]([S]C[C@H](N)C(=O)O)([S]C[C@H](N)C(=O)O)[S]C[C@H](N)C(=O)O)C(=O)O. The summed E-state index contributed by atoms with van der Waals surface area (Å²) >= 11 is 0. The van der Waals surface area contributed by atoms with Crippen LogP contribution < -0.4 is 22.9 Å². The van der Waals surface area contributed by atoms with E-state index in [1.165, 1.54) is 40.3 Å². The maximum atomic E-state index is 11.1. The number of rotatable bonds is 16. The van der Waals surface area contributed by atoms with Crippen LogP contribution >= 0.6 is 40.3 Å². The Morgan fingerprint density at radius 3 is 0.862 bits per heavy atom. The zero-order valence-electron chi connectivity index (χ0n) is 15.0. The molecular formula is C12H24GeN4O8S4. The third-order valence-corrected chi connectivity index (χ3v) is 41.7. The molecule has 12 nitrogen and oxygen atoms in total.